The van der Waals surface area contributed by atoms with E-state index in [-0.39, 0.29) is 15.5 Å². The Labute approximate surface area is 199 Å². The topological polar surface area (TPSA) is 75.7 Å². The molecule has 1 heterocycles. The summed E-state index contributed by atoms with van der Waals surface area (Å²) in [6.07, 6.45) is 1.86. The summed E-state index contributed by atoms with van der Waals surface area (Å²) in [5.74, 6) is 0.409. The van der Waals surface area contributed by atoms with E-state index in [2.05, 4.69) is 11.4 Å². The van der Waals surface area contributed by atoms with E-state index in [0.717, 1.165) is 39.6 Å². The highest BCUT2D eigenvalue weighted by Crippen LogP contribution is 2.31. The minimum atomic E-state index is -3.71. The standard InChI is InChI=1S/C25H25ClN2O4S/c1-28(2)33(30,31)20-11-12-22(26)21(16-20)25(29)27-24(17-7-4-3-5-8-17)19-10-13-23-18(15-19)9-6-14-32-23/h3-5,7-8,10-13,15-16,24H,6,9,14H2,1-2H3,(H,27,29). The molecule has 1 aliphatic rings. The number of sulfonamides is 1. The van der Waals surface area contributed by atoms with Gasteiger partial charge in [0.05, 0.1) is 28.1 Å². The molecule has 0 aliphatic carbocycles. The van der Waals surface area contributed by atoms with Crippen LogP contribution < -0.4 is 10.1 Å². The van der Waals surface area contributed by atoms with Crippen LogP contribution in [0, 0.1) is 0 Å². The Morgan fingerprint density at radius 2 is 1.79 bits per heavy atom. The van der Waals surface area contributed by atoms with E-state index in [9.17, 15) is 13.2 Å². The van der Waals surface area contributed by atoms with Crippen molar-refractivity contribution in [3.8, 4) is 5.75 Å². The third-order valence-electron chi connectivity index (χ3n) is 5.64. The van der Waals surface area contributed by atoms with Gasteiger partial charge in [-0.15, -0.1) is 0 Å². The van der Waals surface area contributed by atoms with Gasteiger partial charge in [0.2, 0.25) is 10.0 Å². The van der Waals surface area contributed by atoms with Crippen molar-refractivity contribution in [1.82, 2.24) is 9.62 Å². The van der Waals surface area contributed by atoms with Crippen LogP contribution in [0.1, 0.15) is 39.5 Å². The number of ether oxygens (including phenoxy) is 1. The number of nitrogens with one attached hydrogen (secondary N) is 1. The molecule has 0 spiro atoms. The number of rotatable bonds is 6. The Kier molecular flexibility index (Phi) is 6.74. The maximum Gasteiger partial charge on any atom is 0.253 e. The second-order valence-corrected chi connectivity index (χ2v) is 10.6. The number of aryl methyl sites for hydroxylation is 1. The molecule has 0 bridgehead atoms. The fourth-order valence-electron chi connectivity index (χ4n) is 3.82. The van der Waals surface area contributed by atoms with Gasteiger partial charge in [-0.2, -0.15) is 0 Å². The van der Waals surface area contributed by atoms with Crippen molar-refractivity contribution in [2.75, 3.05) is 20.7 Å². The molecule has 0 saturated heterocycles. The van der Waals surface area contributed by atoms with E-state index in [1.807, 2.05) is 42.5 Å². The lowest BCUT2D eigenvalue weighted by molar-refractivity contribution is 0.0943. The minimum absolute atomic E-state index is 0.00393. The van der Waals surface area contributed by atoms with Gasteiger partial charge in [0.1, 0.15) is 5.75 Å². The first-order valence-electron chi connectivity index (χ1n) is 10.6. The third kappa shape index (κ3) is 4.90. The van der Waals surface area contributed by atoms with Gasteiger partial charge >= 0.3 is 0 Å². The molecule has 8 heteroatoms. The molecule has 1 atom stereocenters. The van der Waals surface area contributed by atoms with Gasteiger partial charge in [-0.1, -0.05) is 48.0 Å². The summed E-state index contributed by atoms with van der Waals surface area (Å²) in [6, 6.07) is 19.2. The number of fused-ring (bicyclic) bond motifs is 1. The first-order valence-corrected chi connectivity index (χ1v) is 12.4. The van der Waals surface area contributed by atoms with E-state index in [1.54, 1.807) is 0 Å². The molecule has 0 saturated carbocycles. The van der Waals surface area contributed by atoms with Crippen LogP contribution in [-0.4, -0.2) is 39.3 Å². The molecule has 0 fully saturated rings. The van der Waals surface area contributed by atoms with E-state index >= 15 is 0 Å². The van der Waals surface area contributed by atoms with Crippen LogP contribution in [0.4, 0.5) is 0 Å². The number of halogens is 1. The molecular weight excluding hydrogens is 460 g/mol. The maximum atomic E-state index is 13.3. The Hall–Kier alpha value is -2.87. The lowest BCUT2D eigenvalue weighted by Crippen LogP contribution is -2.30. The molecule has 1 aliphatic heterocycles. The van der Waals surface area contributed by atoms with E-state index in [1.165, 1.54) is 32.3 Å². The van der Waals surface area contributed by atoms with E-state index in [0.29, 0.717) is 6.61 Å². The van der Waals surface area contributed by atoms with E-state index in [4.69, 9.17) is 16.3 Å². The third-order valence-corrected chi connectivity index (χ3v) is 7.78. The van der Waals surface area contributed by atoms with Crippen molar-refractivity contribution in [3.63, 3.8) is 0 Å². The van der Waals surface area contributed by atoms with Crippen molar-refractivity contribution in [2.45, 2.75) is 23.8 Å². The van der Waals surface area contributed by atoms with Crippen LogP contribution in [0.25, 0.3) is 0 Å². The van der Waals surface area contributed by atoms with Crippen LogP contribution in [0.2, 0.25) is 5.02 Å². The predicted octanol–water partition coefficient (Wildman–Crippen LogP) is 4.43. The van der Waals surface area contributed by atoms with Crippen LogP contribution in [0.5, 0.6) is 5.75 Å². The average Bonchev–Trinajstić information content (AvgIpc) is 2.82. The SMILES string of the molecule is CN(C)S(=O)(=O)c1ccc(Cl)c(C(=O)NC(c2ccccc2)c2ccc3c(c2)CCCO3)c1. The van der Waals surface area contributed by atoms with Crippen LogP contribution in [0.3, 0.4) is 0 Å². The fraction of sp³-hybridized carbons (Fsp3) is 0.240. The van der Waals surface area contributed by atoms with Crippen LogP contribution in [-0.2, 0) is 16.4 Å². The second-order valence-electron chi connectivity index (χ2n) is 8.07. The fourth-order valence-corrected chi connectivity index (χ4v) is 4.95. The minimum Gasteiger partial charge on any atom is -0.493 e. The first kappa shape index (κ1) is 23.3. The van der Waals surface area contributed by atoms with Gasteiger partial charge in [0, 0.05) is 14.1 Å². The largest absolute Gasteiger partial charge is 0.493 e. The van der Waals surface area contributed by atoms with Crippen molar-refractivity contribution >= 4 is 27.5 Å². The summed E-state index contributed by atoms with van der Waals surface area (Å²) in [4.78, 5) is 13.3. The molecule has 33 heavy (non-hydrogen) atoms. The quantitative estimate of drug-likeness (QED) is 0.561. The maximum absolute atomic E-state index is 13.3. The molecule has 1 unspecified atom stereocenters. The number of carbonyl (C=O) groups is 1. The zero-order chi connectivity index (χ0) is 23.6. The summed E-state index contributed by atoms with van der Waals surface area (Å²) in [5, 5.41) is 3.23. The Balaban J connectivity index is 1.71. The zero-order valence-corrected chi connectivity index (χ0v) is 20.0. The van der Waals surface area contributed by atoms with Gasteiger partial charge in [0.15, 0.2) is 0 Å². The molecule has 6 nitrogen and oxygen atoms in total. The number of hydrogen-bond donors (Lipinski definition) is 1. The van der Waals surface area contributed by atoms with Crippen molar-refractivity contribution < 1.29 is 17.9 Å². The van der Waals surface area contributed by atoms with Gasteiger partial charge in [0.25, 0.3) is 5.91 Å². The molecule has 3 aromatic carbocycles. The van der Waals surface area contributed by atoms with Gasteiger partial charge in [-0.3, -0.25) is 4.79 Å². The number of amides is 1. The highest BCUT2D eigenvalue weighted by atomic mass is 35.5. The van der Waals surface area contributed by atoms with Gasteiger partial charge in [-0.25, -0.2) is 12.7 Å². The lowest BCUT2D eigenvalue weighted by atomic mass is 9.94. The number of carbonyl (C=O) groups excluding carboxylic acids is 1. The monoisotopic (exact) mass is 484 g/mol. The van der Waals surface area contributed by atoms with Crippen LogP contribution >= 0.6 is 11.6 Å². The molecular formula is C25H25ClN2O4S. The smallest absolute Gasteiger partial charge is 0.253 e. The molecule has 1 amide bonds. The summed E-state index contributed by atoms with van der Waals surface area (Å²) >= 11 is 6.31. The van der Waals surface area contributed by atoms with Crippen molar-refractivity contribution in [1.29, 1.82) is 0 Å². The summed E-state index contributed by atoms with van der Waals surface area (Å²) in [5.41, 5.74) is 3.01. The molecule has 1 N–H and O–H groups in total. The highest BCUT2D eigenvalue weighted by Gasteiger charge is 2.24. The Bertz CT molecular complexity index is 1280. The molecule has 3 aromatic rings. The number of nitrogens with zero attached hydrogens (tertiary/aromatic N) is 1. The molecule has 0 radical (unpaired) electrons. The molecule has 0 aromatic heterocycles. The highest BCUT2D eigenvalue weighted by molar-refractivity contribution is 7.89. The van der Waals surface area contributed by atoms with Crippen LogP contribution in [0.15, 0.2) is 71.6 Å². The first-order chi connectivity index (χ1) is 15.8. The summed E-state index contributed by atoms with van der Waals surface area (Å²) in [6.45, 7) is 0.704. The Morgan fingerprint density at radius 1 is 1.03 bits per heavy atom. The Morgan fingerprint density at radius 3 is 2.52 bits per heavy atom. The number of benzene rings is 3. The van der Waals surface area contributed by atoms with Gasteiger partial charge < -0.3 is 10.1 Å². The summed E-state index contributed by atoms with van der Waals surface area (Å²) in [7, 11) is -0.833. The lowest BCUT2D eigenvalue weighted by Gasteiger charge is -2.23. The van der Waals surface area contributed by atoms with Crippen molar-refractivity contribution in [3.05, 3.63) is 94.0 Å². The predicted molar refractivity (Wildman–Crippen MR) is 128 cm³/mol. The van der Waals surface area contributed by atoms with Gasteiger partial charge in [-0.05, 0) is 59.9 Å². The molecule has 172 valence electrons. The molecule has 4 rings (SSSR count). The normalized spacial score (nSPS) is 14.3. The van der Waals surface area contributed by atoms with Crippen molar-refractivity contribution in [2.24, 2.45) is 0 Å². The average molecular weight is 485 g/mol. The number of hydrogen-bond acceptors (Lipinski definition) is 4. The zero-order valence-electron chi connectivity index (χ0n) is 18.4. The van der Waals surface area contributed by atoms with E-state index < -0.39 is 22.0 Å². The second kappa shape index (κ2) is 9.55. The summed E-state index contributed by atoms with van der Waals surface area (Å²) < 4.78 is 31.9.